The zero-order valence-corrected chi connectivity index (χ0v) is 29.4. The molecule has 7 rings (SSSR count). The van der Waals surface area contributed by atoms with E-state index < -0.39 is 11.7 Å². The number of aromatic nitrogens is 2. The number of thiophene rings is 1. The fourth-order valence-electron chi connectivity index (χ4n) is 6.54. The molecule has 3 aromatic carbocycles. The summed E-state index contributed by atoms with van der Waals surface area (Å²) in [4.78, 5) is 49.0. The number of benzene rings is 3. The molecule has 252 valence electrons. The molecule has 0 aliphatic carbocycles. The van der Waals surface area contributed by atoms with Crippen molar-refractivity contribution in [2.45, 2.75) is 53.1 Å². The van der Waals surface area contributed by atoms with E-state index in [1.165, 1.54) is 22.0 Å². The summed E-state index contributed by atoms with van der Waals surface area (Å²) in [6, 6.07) is 25.6. The number of hydrogen-bond donors (Lipinski definition) is 0. The van der Waals surface area contributed by atoms with Gasteiger partial charge in [0.2, 0.25) is 0 Å². The molecule has 0 saturated carbocycles. The number of Topliss-reactive ketones (excluding diaryl/α,β-unsaturated/α-hetero) is 1. The molecule has 6 aromatic rings. The third-order valence-electron chi connectivity index (χ3n) is 8.92. The predicted molar refractivity (Wildman–Crippen MR) is 196 cm³/mol. The van der Waals surface area contributed by atoms with Crippen LogP contribution in [0.2, 0.25) is 0 Å². The number of rotatable bonds is 5. The minimum atomic E-state index is -0.675. The summed E-state index contributed by atoms with van der Waals surface area (Å²) in [5, 5.41) is 0.827. The average Bonchev–Trinajstić information content (AvgIpc) is 3.66. The van der Waals surface area contributed by atoms with Gasteiger partial charge in [-0.2, -0.15) is 0 Å². The molecule has 0 atom stereocenters. The zero-order valence-electron chi connectivity index (χ0n) is 28.5. The van der Waals surface area contributed by atoms with Crippen molar-refractivity contribution < 1.29 is 23.5 Å². The van der Waals surface area contributed by atoms with Crippen molar-refractivity contribution in [2.75, 3.05) is 11.4 Å². The molecule has 1 aliphatic rings. The summed E-state index contributed by atoms with van der Waals surface area (Å²) >= 11 is 1.38. The predicted octanol–water partition coefficient (Wildman–Crippen LogP) is 9.60. The van der Waals surface area contributed by atoms with Crippen molar-refractivity contribution >= 4 is 45.7 Å². The lowest BCUT2D eigenvalue weighted by atomic mass is 10.0. The van der Waals surface area contributed by atoms with E-state index in [2.05, 4.69) is 0 Å². The number of hydrogen-bond acceptors (Lipinski definition) is 6. The highest BCUT2D eigenvalue weighted by molar-refractivity contribution is 7.17. The first-order chi connectivity index (χ1) is 23.9. The lowest BCUT2D eigenvalue weighted by Gasteiger charge is -2.23. The van der Waals surface area contributed by atoms with Crippen LogP contribution in [0.1, 0.15) is 63.2 Å². The summed E-state index contributed by atoms with van der Waals surface area (Å²) in [5.74, 6) is -0.767. The van der Waals surface area contributed by atoms with Gasteiger partial charge < -0.3 is 9.64 Å². The number of anilines is 1. The van der Waals surface area contributed by atoms with Crippen LogP contribution in [0.3, 0.4) is 0 Å². The molecule has 0 radical (unpaired) electrons. The maximum atomic E-state index is 14.5. The smallest absolute Gasteiger partial charge is 0.419 e. The molecule has 50 heavy (non-hydrogen) atoms. The summed E-state index contributed by atoms with van der Waals surface area (Å²) in [6.07, 6.45) is 1.76. The maximum Gasteiger partial charge on any atom is 0.419 e. The number of para-hydroxylation sites is 2. The molecule has 0 unspecified atom stereocenters. The Kier molecular flexibility index (Phi) is 8.48. The molecule has 9 heteroatoms. The molecule has 1 aliphatic heterocycles. The van der Waals surface area contributed by atoms with Crippen LogP contribution in [-0.2, 0) is 17.6 Å². The van der Waals surface area contributed by atoms with Crippen molar-refractivity contribution in [3.05, 3.63) is 130 Å². The largest absolute Gasteiger partial charge is 0.443 e. The Bertz CT molecular complexity index is 2310. The van der Waals surface area contributed by atoms with Crippen LogP contribution in [0.4, 0.5) is 14.9 Å². The Morgan fingerprint density at radius 3 is 2.42 bits per heavy atom. The second-order valence-electron chi connectivity index (χ2n) is 13.6. The Morgan fingerprint density at radius 1 is 0.900 bits per heavy atom. The van der Waals surface area contributed by atoms with Crippen LogP contribution in [-0.4, -0.2) is 39.5 Å². The first-order valence-electron chi connectivity index (χ1n) is 16.5. The lowest BCUT2D eigenvalue weighted by molar-refractivity contribution is 0.0544. The molecule has 3 aromatic heterocycles. The van der Waals surface area contributed by atoms with Gasteiger partial charge in [0.05, 0.1) is 21.8 Å². The molecule has 0 bridgehead atoms. The minimum absolute atomic E-state index is 0.0117. The molecular formula is C41H36FN3O4S. The van der Waals surface area contributed by atoms with Crippen LogP contribution in [0.25, 0.3) is 32.6 Å². The van der Waals surface area contributed by atoms with Gasteiger partial charge in [0, 0.05) is 40.6 Å². The number of fused-ring (bicyclic) bond motifs is 4. The van der Waals surface area contributed by atoms with E-state index in [1.54, 1.807) is 29.3 Å². The zero-order chi connectivity index (χ0) is 35.3. The Morgan fingerprint density at radius 2 is 1.64 bits per heavy atom. The Balaban J connectivity index is 1.21. The van der Waals surface area contributed by atoms with Crippen LogP contribution in [0, 0.1) is 19.7 Å². The number of halogens is 1. The highest BCUT2D eigenvalue weighted by Gasteiger charge is 2.29. The van der Waals surface area contributed by atoms with E-state index in [-0.39, 0.29) is 29.6 Å². The SMILES string of the molecule is Cc1cccc(F)c1CC(=O)c1cc2c(s1)-c1ccccc1N(C(=O)c1cccc(-c3cn(C(=O)OC(C)(C)C)c4c(C)cccc34)n1)CC2. The third-order valence-corrected chi connectivity index (χ3v) is 10.2. The highest BCUT2D eigenvalue weighted by atomic mass is 32.1. The number of nitrogens with zero attached hydrogens (tertiary/aromatic N) is 3. The van der Waals surface area contributed by atoms with E-state index in [9.17, 15) is 18.8 Å². The maximum absolute atomic E-state index is 14.5. The number of aryl methyl sites for hydroxylation is 2. The molecule has 0 spiro atoms. The van der Waals surface area contributed by atoms with Crippen LogP contribution in [0.5, 0.6) is 0 Å². The van der Waals surface area contributed by atoms with Crippen LogP contribution >= 0.6 is 11.3 Å². The van der Waals surface area contributed by atoms with E-state index in [4.69, 9.17) is 9.72 Å². The number of pyridine rings is 1. The topological polar surface area (TPSA) is 81.5 Å². The van der Waals surface area contributed by atoms with Crippen molar-refractivity contribution in [3.8, 4) is 21.7 Å². The third kappa shape index (κ3) is 6.13. The molecular weight excluding hydrogens is 650 g/mol. The molecule has 1 amide bonds. The number of ketones is 1. The number of ether oxygens (including phenoxy) is 1. The summed E-state index contributed by atoms with van der Waals surface area (Å²) in [7, 11) is 0. The number of carbonyl (C=O) groups is 3. The van der Waals surface area contributed by atoms with Gasteiger partial charge in [-0.3, -0.25) is 14.2 Å². The van der Waals surface area contributed by atoms with Crippen LogP contribution in [0.15, 0.2) is 91.1 Å². The van der Waals surface area contributed by atoms with Gasteiger partial charge in [0.25, 0.3) is 5.91 Å². The first kappa shape index (κ1) is 33.1. The van der Waals surface area contributed by atoms with Gasteiger partial charge >= 0.3 is 6.09 Å². The molecule has 7 nitrogen and oxygen atoms in total. The molecule has 0 fully saturated rings. The van der Waals surface area contributed by atoms with E-state index in [1.807, 2.05) is 95.3 Å². The number of amides is 1. The van der Waals surface area contributed by atoms with Gasteiger partial charge in [-0.25, -0.2) is 14.2 Å². The minimum Gasteiger partial charge on any atom is -0.443 e. The fraction of sp³-hybridized carbons (Fsp3) is 0.220. The lowest BCUT2D eigenvalue weighted by Crippen LogP contribution is -2.33. The second kappa shape index (κ2) is 12.8. The van der Waals surface area contributed by atoms with Crippen LogP contribution < -0.4 is 4.90 Å². The molecule has 0 saturated heterocycles. The monoisotopic (exact) mass is 685 g/mol. The normalized spacial score (nSPS) is 12.7. The van der Waals surface area contributed by atoms with Crippen molar-refractivity contribution in [3.63, 3.8) is 0 Å². The quantitative estimate of drug-likeness (QED) is 0.169. The summed E-state index contributed by atoms with van der Waals surface area (Å²) in [6.45, 7) is 9.62. The van der Waals surface area contributed by atoms with Gasteiger partial charge in [-0.05, 0) is 93.6 Å². The summed E-state index contributed by atoms with van der Waals surface area (Å²) < 4.78 is 21.8. The Hall–Kier alpha value is -5.41. The standard InChI is InChI=1S/C41H36FN3O4S/c1-24-11-9-15-31(42)29(24)22-35(46)36-21-26-19-20-44(34-18-7-6-13-28(34)38(26)50-36)39(47)33-17-10-16-32(43-33)30-23-45(40(48)49-41(3,4)5)37-25(2)12-8-14-27(30)37/h6-18,21,23H,19-20,22H2,1-5H3. The van der Waals surface area contributed by atoms with E-state index in [0.29, 0.717) is 34.7 Å². The van der Waals surface area contributed by atoms with E-state index >= 15 is 0 Å². The second-order valence-corrected chi connectivity index (χ2v) is 14.6. The van der Waals surface area contributed by atoms with Gasteiger partial charge in [0.15, 0.2) is 5.78 Å². The first-order valence-corrected chi connectivity index (χ1v) is 17.3. The van der Waals surface area contributed by atoms with Gasteiger partial charge in [-0.15, -0.1) is 11.3 Å². The number of carbonyl (C=O) groups excluding carboxylic acids is 3. The molecule has 4 heterocycles. The van der Waals surface area contributed by atoms with Gasteiger partial charge in [-0.1, -0.05) is 54.6 Å². The van der Waals surface area contributed by atoms with Crippen molar-refractivity contribution in [1.29, 1.82) is 0 Å². The van der Waals surface area contributed by atoms with Gasteiger partial charge in [0.1, 0.15) is 17.1 Å². The highest BCUT2D eigenvalue weighted by Crippen LogP contribution is 2.42. The Labute approximate surface area is 294 Å². The fourth-order valence-corrected chi connectivity index (χ4v) is 7.72. The average molecular weight is 686 g/mol. The van der Waals surface area contributed by atoms with Crippen molar-refractivity contribution in [1.82, 2.24) is 9.55 Å². The van der Waals surface area contributed by atoms with E-state index in [0.717, 1.165) is 43.7 Å². The molecule has 0 N–H and O–H groups in total. The summed E-state index contributed by atoms with van der Waals surface area (Å²) in [5.41, 5.74) is 6.22. The van der Waals surface area contributed by atoms with Crippen molar-refractivity contribution in [2.24, 2.45) is 0 Å².